The summed E-state index contributed by atoms with van der Waals surface area (Å²) in [6.45, 7) is 5.14. The Labute approximate surface area is 234 Å². The van der Waals surface area contributed by atoms with Crippen LogP contribution in [0.25, 0.3) is 11.4 Å². The summed E-state index contributed by atoms with van der Waals surface area (Å²) in [4.78, 5) is 33.5. The van der Waals surface area contributed by atoms with Gasteiger partial charge in [0.05, 0.1) is 11.4 Å². The number of nitrogens with one attached hydrogen (secondary N) is 1. The third kappa shape index (κ3) is 8.24. The number of esters is 1. The summed E-state index contributed by atoms with van der Waals surface area (Å²) in [5.41, 5.74) is 0.579. The first-order chi connectivity index (χ1) is 19.1. The lowest BCUT2D eigenvalue weighted by Gasteiger charge is -2.22. The van der Waals surface area contributed by atoms with Gasteiger partial charge in [-0.05, 0) is 56.7 Å². The zero-order chi connectivity index (χ0) is 28.7. The van der Waals surface area contributed by atoms with Crippen molar-refractivity contribution in [3.63, 3.8) is 0 Å². The maximum Gasteiger partial charge on any atom is 0.408 e. The summed E-state index contributed by atoms with van der Waals surface area (Å²) < 4.78 is 35.5. The van der Waals surface area contributed by atoms with E-state index in [9.17, 15) is 14.0 Å². The van der Waals surface area contributed by atoms with Gasteiger partial charge in [0.2, 0.25) is 11.7 Å². The molecule has 0 saturated carbocycles. The summed E-state index contributed by atoms with van der Waals surface area (Å²) >= 11 is 5.72. The Morgan fingerprint density at radius 3 is 2.50 bits per heavy atom. The second kappa shape index (κ2) is 12.6. The number of nitrogens with zero attached hydrogens (tertiary/aromatic N) is 3. The predicted octanol–water partition coefficient (Wildman–Crippen LogP) is 5.90. The van der Waals surface area contributed by atoms with Crippen molar-refractivity contribution in [3.05, 3.63) is 89.2 Å². The van der Waals surface area contributed by atoms with Crippen LogP contribution in [0.2, 0.25) is 5.02 Å². The van der Waals surface area contributed by atoms with Crippen LogP contribution in [0.4, 0.5) is 9.18 Å². The molecule has 4 aromatic rings. The molecule has 40 heavy (non-hydrogen) atoms. The molecule has 0 aliphatic heterocycles. The van der Waals surface area contributed by atoms with Crippen LogP contribution in [0.5, 0.6) is 11.6 Å². The molecule has 0 bridgehead atoms. The largest absolute Gasteiger partial charge is 0.459 e. The predicted molar refractivity (Wildman–Crippen MR) is 142 cm³/mol. The number of halogens is 2. The number of aromatic nitrogens is 3. The van der Waals surface area contributed by atoms with Crippen LogP contribution in [0.15, 0.2) is 71.4 Å². The Morgan fingerprint density at radius 2 is 1.82 bits per heavy atom. The van der Waals surface area contributed by atoms with Gasteiger partial charge in [0.15, 0.2) is 5.82 Å². The van der Waals surface area contributed by atoms with Crippen molar-refractivity contribution in [1.29, 1.82) is 0 Å². The molecule has 1 amide bonds. The smallest absolute Gasteiger partial charge is 0.408 e. The highest BCUT2D eigenvalue weighted by atomic mass is 35.5. The number of carbonyl (C=O) groups is 2. The third-order valence-electron chi connectivity index (χ3n) is 5.15. The minimum atomic E-state index is -1.15. The second-order valence-electron chi connectivity index (χ2n) is 9.57. The Bertz CT molecular complexity index is 1460. The molecule has 0 aliphatic rings. The molecule has 12 heteroatoms. The standard InChI is InChI=1S/C28H26ClFN4O6/c1-28(2,3)39-27(36)32-22(26(35)37-16-17-7-5-4-6-8-17)14-23-33-24(34-40-23)18-9-11-20(12-10-18)38-25-21(30)13-19(29)15-31-25/h4-13,15,22H,14,16H2,1-3H3,(H,32,36)/t22-/m1/s1. The van der Waals surface area contributed by atoms with Gasteiger partial charge in [-0.1, -0.05) is 47.1 Å². The first-order valence-electron chi connectivity index (χ1n) is 12.2. The minimum Gasteiger partial charge on any atom is -0.459 e. The summed E-state index contributed by atoms with van der Waals surface area (Å²) in [7, 11) is 0. The van der Waals surface area contributed by atoms with Crippen LogP contribution < -0.4 is 10.1 Å². The fourth-order valence-electron chi connectivity index (χ4n) is 3.36. The van der Waals surface area contributed by atoms with E-state index in [1.54, 1.807) is 45.0 Å². The maximum absolute atomic E-state index is 14.0. The zero-order valence-electron chi connectivity index (χ0n) is 21.9. The Kier molecular flexibility index (Phi) is 8.95. The SMILES string of the molecule is CC(C)(C)OC(=O)N[C@H](Cc1nc(-c2ccc(Oc3ncc(Cl)cc3F)cc2)no1)C(=O)OCc1ccccc1. The van der Waals surface area contributed by atoms with Crippen LogP contribution in [0.3, 0.4) is 0 Å². The number of hydrogen-bond acceptors (Lipinski definition) is 9. The van der Waals surface area contributed by atoms with E-state index in [0.717, 1.165) is 11.6 Å². The molecule has 208 valence electrons. The average molecular weight is 569 g/mol. The van der Waals surface area contributed by atoms with Crippen molar-refractivity contribution >= 4 is 23.7 Å². The number of ether oxygens (including phenoxy) is 3. The zero-order valence-corrected chi connectivity index (χ0v) is 22.6. The van der Waals surface area contributed by atoms with Gasteiger partial charge >= 0.3 is 12.1 Å². The van der Waals surface area contributed by atoms with Crippen LogP contribution in [-0.4, -0.2) is 38.8 Å². The normalized spacial score (nSPS) is 11.9. The fraction of sp³-hybridized carbons (Fsp3) is 0.250. The van der Waals surface area contributed by atoms with Crippen molar-refractivity contribution in [3.8, 4) is 23.0 Å². The molecule has 0 unspecified atom stereocenters. The topological polar surface area (TPSA) is 126 Å². The molecule has 10 nitrogen and oxygen atoms in total. The van der Waals surface area contributed by atoms with E-state index < -0.39 is 29.5 Å². The molecule has 0 spiro atoms. The molecule has 1 N–H and O–H groups in total. The average Bonchev–Trinajstić information content (AvgIpc) is 3.37. The number of alkyl carbamates (subject to hydrolysis) is 1. The van der Waals surface area contributed by atoms with Crippen molar-refractivity contribution in [2.24, 2.45) is 0 Å². The molecule has 2 heterocycles. The molecule has 1 atom stereocenters. The van der Waals surface area contributed by atoms with Gasteiger partial charge in [0, 0.05) is 11.8 Å². The Balaban J connectivity index is 1.44. The van der Waals surface area contributed by atoms with E-state index in [-0.39, 0.29) is 35.6 Å². The van der Waals surface area contributed by atoms with Gasteiger partial charge in [-0.15, -0.1) is 0 Å². The molecular formula is C28H26ClFN4O6. The lowest BCUT2D eigenvalue weighted by Crippen LogP contribution is -2.45. The van der Waals surface area contributed by atoms with Gasteiger partial charge in [0.1, 0.15) is 24.0 Å². The molecule has 0 fully saturated rings. The number of benzene rings is 2. The van der Waals surface area contributed by atoms with Gasteiger partial charge in [-0.25, -0.2) is 19.0 Å². The summed E-state index contributed by atoms with van der Waals surface area (Å²) in [5, 5.41) is 6.63. The lowest BCUT2D eigenvalue weighted by atomic mass is 10.2. The molecular weight excluding hydrogens is 543 g/mol. The molecule has 4 rings (SSSR count). The summed E-state index contributed by atoms with van der Waals surface area (Å²) in [5.74, 6) is -0.979. The monoisotopic (exact) mass is 568 g/mol. The number of hydrogen-bond donors (Lipinski definition) is 1. The van der Waals surface area contributed by atoms with Gasteiger partial charge in [-0.2, -0.15) is 4.98 Å². The number of pyridine rings is 1. The van der Waals surface area contributed by atoms with Crippen LogP contribution in [0.1, 0.15) is 32.2 Å². The van der Waals surface area contributed by atoms with Crippen LogP contribution in [-0.2, 0) is 27.3 Å². The highest BCUT2D eigenvalue weighted by Gasteiger charge is 2.28. The Hall–Kier alpha value is -4.51. The summed E-state index contributed by atoms with van der Waals surface area (Å²) in [6, 6.07) is 15.5. The van der Waals surface area contributed by atoms with Crippen molar-refractivity contribution in [2.75, 3.05) is 0 Å². The van der Waals surface area contributed by atoms with Crippen molar-refractivity contribution < 1.29 is 32.7 Å². The van der Waals surface area contributed by atoms with Crippen LogP contribution >= 0.6 is 11.6 Å². The lowest BCUT2D eigenvalue weighted by molar-refractivity contribution is -0.147. The maximum atomic E-state index is 14.0. The van der Waals surface area contributed by atoms with E-state index >= 15 is 0 Å². The van der Waals surface area contributed by atoms with E-state index in [4.69, 9.17) is 30.3 Å². The first-order valence-corrected chi connectivity index (χ1v) is 12.6. The molecule has 2 aromatic carbocycles. The Morgan fingerprint density at radius 1 is 1.10 bits per heavy atom. The molecule has 0 radical (unpaired) electrons. The first kappa shape index (κ1) is 28.5. The number of carbonyl (C=O) groups excluding carboxylic acids is 2. The van der Waals surface area contributed by atoms with Crippen LogP contribution in [0, 0.1) is 5.82 Å². The van der Waals surface area contributed by atoms with Gasteiger partial charge in [0.25, 0.3) is 5.88 Å². The van der Waals surface area contributed by atoms with Gasteiger partial charge < -0.3 is 24.1 Å². The number of amides is 1. The number of rotatable bonds is 9. The molecule has 0 aliphatic carbocycles. The highest BCUT2D eigenvalue weighted by molar-refractivity contribution is 6.30. The van der Waals surface area contributed by atoms with E-state index in [1.165, 1.54) is 6.20 Å². The fourth-order valence-corrected chi connectivity index (χ4v) is 3.51. The highest BCUT2D eigenvalue weighted by Crippen LogP contribution is 2.26. The second-order valence-corrected chi connectivity index (χ2v) is 10.0. The van der Waals surface area contributed by atoms with Gasteiger partial charge in [-0.3, -0.25) is 0 Å². The van der Waals surface area contributed by atoms with Crippen molar-refractivity contribution in [2.45, 2.75) is 45.4 Å². The quantitative estimate of drug-likeness (QED) is 0.246. The summed E-state index contributed by atoms with van der Waals surface area (Å²) in [6.07, 6.45) is 0.344. The molecule has 0 saturated heterocycles. The minimum absolute atomic E-state index is 0.0190. The molecule has 2 aromatic heterocycles. The third-order valence-corrected chi connectivity index (χ3v) is 5.35. The van der Waals surface area contributed by atoms with E-state index in [2.05, 4.69) is 20.4 Å². The van der Waals surface area contributed by atoms with E-state index in [1.807, 2.05) is 30.3 Å². The van der Waals surface area contributed by atoms with Crippen molar-refractivity contribution in [1.82, 2.24) is 20.4 Å². The van der Waals surface area contributed by atoms with E-state index in [0.29, 0.717) is 11.3 Å².